The fourth-order valence-electron chi connectivity index (χ4n) is 1.86. The van der Waals surface area contributed by atoms with Crippen molar-refractivity contribution in [3.05, 3.63) is 53.1 Å². The molecule has 20 heavy (non-hydrogen) atoms. The molecular weight excluding hydrogens is 252 g/mol. The normalized spacial score (nSPS) is 9.85. The van der Waals surface area contributed by atoms with Crippen molar-refractivity contribution < 1.29 is 9.47 Å². The first-order chi connectivity index (χ1) is 9.63. The maximum absolute atomic E-state index is 8.91. The molecule has 2 rings (SSSR count). The third-order valence-corrected chi connectivity index (χ3v) is 3.01. The third kappa shape index (κ3) is 3.01. The molecule has 0 atom stereocenters. The number of nitrogen functional groups attached to an aromatic ring is 1. The van der Waals surface area contributed by atoms with Gasteiger partial charge in [-0.1, -0.05) is 6.07 Å². The summed E-state index contributed by atoms with van der Waals surface area (Å²) in [5.74, 6) is 1.39. The van der Waals surface area contributed by atoms with E-state index in [9.17, 15) is 0 Å². The van der Waals surface area contributed by atoms with Crippen LogP contribution in [-0.2, 0) is 6.61 Å². The molecule has 0 amide bonds. The molecule has 4 nitrogen and oxygen atoms in total. The maximum atomic E-state index is 8.91. The van der Waals surface area contributed by atoms with Gasteiger partial charge in [0.2, 0.25) is 0 Å². The van der Waals surface area contributed by atoms with Crippen LogP contribution in [0.4, 0.5) is 5.69 Å². The Kier molecular flexibility index (Phi) is 4.11. The highest BCUT2D eigenvalue weighted by molar-refractivity contribution is 5.48. The summed E-state index contributed by atoms with van der Waals surface area (Å²) in [4.78, 5) is 0. The Hall–Kier alpha value is -2.67. The van der Waals surface area contributed by atoms with Crippen LogP contribution in [0.15, 0.2) is 36.4 Å². The molecule has 0 fully saturated rings. The zero-order valence-corrected chi connectivity index (χ0v) is 11.5. The number of hydrogen-bond acceptors (Lipinski definition) is 4. The number of methoxy groups -OCH3 is 1. The number of benzene rings is 2. The molecule has 0 saturated heterocycles. The number of anilines is 1. The summed E-state index contributed by atoms with van der Waals surface area (Å²) in [7, 11) is 1.60. The van der Waals surface area contributed by atoms with E-state index in [1.54, 1.807) is 31.4 Å². The minimum Gasteiger partial charge on any atom is -0.496 e. The number of nitrogens with two attached hydrogens (primary N) is 1. The van der Waals surface area contributed by atoms with E-state index in [2.05, 4.69) is 6.07 Å². The predicted molar refractivity (Wildman–Crippen MR) is 77.6 cm³/mol. The van der Waals surface area contributed by atoms with E-state index >= 15 is 0 Å². The molecule has 2 aromatic carbocycles. The van der Waals surface area contributed by atoms with Gasteiger partial charge in [0, 0.05) is 17.3 Å². The van der Waals surface area contributed by atoms with Gasteiger partial charge in [-0.2, -0.15) is 5.26 Å². The Balaban J connectivity index is 2.19. The number of hydrogen-bond donors (Lipinski definition) is 1. The molecule has 102 valence electrons. The van der Waals surface area contributed by atoms with Crippen LogP contribution < -0.4 is 15.2 Å². The molecular formula is C16H16N2O2. The van der Waals surface area contributed by atoms with E-state index in [-0.39, 0.29) is 0 Å². The standard InChI is InChI=1S/C16H16N2O2/c1-11-3-4-12(9-17)7-15(11)20-10-13-5-6-14(18)8-16(13)19-2/h3-8H,10,18H2,1-2H3. The highest BCUT2D eigenvalue weighted by Gasteiger charge is 2.06. The molecule has 0 bridgehead atoms. The van der Waals surface area contributed by atoms with Crippen molar-refractivity contribution in [3.8, 4) is 17.6 Å². The molecule has 0 spiro atoms. The molecule has 0 aliphatic heterocycles. The second kappa shape index (κ2) is 5.98. The molecule has 2 aromatic rings. The van der Waals surface area contributed by atoms with Crippen LogP contribution in [0.5, 0.6) is 11.5 Å². The first kappa shape index (κ1) is 13.8. The molecule has 0 aliphatic carbocycles. The summed E-state index contributed by atoms with van der Waals surface area (Å²) in [6.07, 6.45) is 0. The number of aryl methyl sites for hydroxylation is 1. The second-order valence-electron chi connectivity index (χ2n) is 4.45. The van der Waals surface area contributed by atoms with Crippen molar-refractivity contribution in [3.63, 3.8) is 0 Å². The first-order valence-corrected chi connectivity index (χ1v) is 6.20. The van der Waals surface area contributed by atoms with Crippen molar-refractivity contribution in [1.82, 2.24) is 0 Å². The Morgan fingerprint density at radius 3 is 2.65 bits per heavy atom. The highest BCUT2D eigenvalue weighted by Crippen LogP contribution is 2.25. The number of ether oxygens (including phenoxy) is 2. The Morgan fingerprint density at radius 1 is 1.15 bits per heavy atom. The van der Waals surface area contributed by atoms with Crippen molar-refractivity contribution in [2.24, 2.45) is 0 Å². The topological polar surface area (TPSA) is 68.3 Å². The molecule has 0 saturated carbocycles. The van der Waals surface area contributed by atoms with E-state index in [1.165, 1.54) is 0 Å². The van der Waals surface area contributed by atoms with Gasteiger partial charge < -0.3 is 15.2 Å². The molecule has 2 N–H and O–H groups in total. The largest absolute Gasteiger partial charge is 0.496 e. The molecule has 0 aromatic heterocycles. The van der Waals surface area contributed by atoms with Gasteiger partial charge in [0.1, 0.15) is 18.1 Å². The average molecular weight is 268 g/mol. The lowest BCUT2D eigenvalue weighted by Crippen LogP contribution is -2.01. The van der Waals surface area contributed by atoms with Gasteiger partial charge in [-0.3, -0.25) is 0 Å². The monoisotopic (exact) mass is 268 g/mol. The van der Waals surface area contributed by atoms with Crippen LogP contribution in [0.25, 0.3) is 0 Å². The molecule has 0 aliphatic rings. The molecule has 0 unspecified atom stereocenters. The molecule has 4 heteroatoms. The lowest BCUT2D eigenvalue weighted by atomic mass is 10.1. The smallest absolute Gasteiger partial charge is 0.127 e. The van der Waals surface area contributed by atoms with Crippen LogP contribution in [0.3, 0.4) is 0 Å². The highest BCUT2D eigenvalue weighted by atomic mass is 16.5. The third-order valence-electron chi connectivity index (χ3n) is 3.01. The average Bonchev–Trinajstić information content (AvgIpc) is 2.47. The minimum absolute atomic E-state index is 0.360. The van der Waals surface area contributed by atoms with Crippen LogP contribution in [-0.4, -0.2) is 7.11 Å². The van der Waals surface area contributed by atoms with Crippen molar-refractivity contribution in [2.45, 2.75) is 13.5 Å². The first-order valence-electron chi connectivity index (χ1n) is 6.20. The second-order valence-corrected chi connectivity index (χ2v) is 4.45. The van der Waals surface area contributed by atoms with Crippen LogP contribution in [0.1, 0.15) is 16.7 Å². The lowest BCUT2D eigenvalue weighted by molar-refractivity contribution is 0.295. The van der Waals surface area contributed by atoms with E-state index in [0.29, 0.717) is 29.4 Å². The van der Waals surface area contributed by atoms with Crippen LogP contribution >= 0.6 is 0 Å². The Labute approximate surface area is 118 Å². The van der Waals surface area contributed by atoms with Crippen molar-refractivity contribution >= 4 is 5.69 Å². The summed E-state index contributed by atoms with van der Waals surface area (Å²) < 4.78 is 11.1. The van der Waals surface area contributed by atoms with E-state index in [4.69, 9.17) is 20.5 Å². The number of rotatable bonds is 4. The van der Waals surface area contributed by atoms with Crippen LogP contribution in [0.2, 0.25) is 0 Å². The van der Waals surface area contributed by atoms with Crippen LogP contribution in [0, 0.1) is 18.3 Å². The summed E-state index contributed by atoms with van der Waals surface area (Å²) >= 11 is 0. The van der Waals surface area contributed by atoms with Gasteiger partial charge >= 0.3 is 0 Å². The van der Waals surface area contributed by atoms with Gasteiger partial charge in [0.25, 0.3) is 0 Å². The minimum atomic E-state index is 0.360. The van der Waals surface area contributed by atoms with Crippen molar-refractivity contribution in [2.75, 3.05) is 12.8 Å². The summed E-state index contributed by atoms with van der Waals surface area (Å²) in [6.45, 7) is 2.30. The van der Waals surface area contributed by atoms with E-state index in [0.717, 1.165) is 11.1 Å². The lowest BCUT2D eigenvalue weighted by Gasteiger charge is -2.12. The molecule has 0 heterocycles. The van der Waals surface area contributed by atoms with Gasteiger partial charge in [0.15, 0.2) is 0 Å². The maximum Gasteiger partial charge on any atom is 0.127 e. The number of nitriles is 1. The fourth-order valence-corrected chi connectivity index (χ4v) is 1.86. The summed E-state index contributed by atoms with van der Waals surface area (Å²) in [6, 6.07) is 12.9. The molecule has 0 radical (unpaired) electrons. The summed E-state index contributed by atoms with van der Waals surface area (Å²) in [5, 5.41) is 8.91. The van der Waals surface area contributed by atoms with E-state index < -0.39 is 0 Å². The van der Waals surface area contributed by atoms with Gasteiger partial charge in [-0.25, -0.2) is 0 Å². The van der Waals surface area contributed by atoms with Crippen molar-refractivity contribution in [1.29, 1.82) is 5.26 Å². The SMILES string of the molecule is COc1cc(N)ccc1COc1cc(C#N)ccc1C. The fraction of sp³-hybridized carbons (Fsp3) is 0.188. The summed E-state index contributed by atoms with van der Waals surface area (Å²) in [5.41, 5.74) is 8.83. The van der Waals surface area contributed by atoms with Gasteiger partial charge in [-0.15, -0.1) is 0 Å². The number of nitrogens with zero attached hydrogens (tertiary/aromatic N) is 1. The Morgan fingerprint density at radius 2 is 1.95 bits per heavy atom. The van der Waals surface area contributed by atoms with E-state index in [1.807, 2.05) is 19.1 Å². The predicted octanol–water partition coefficient (Wildman–Crippen LogP) is 3.04. The zero-order valence-electron chi connectivity index (χ0n) is 11.5. The van der Waals surface area contributed by atoms with Gasteiger partial charge in [0.05, 0.1) is 18.7 Å². The zero-order chi connectivity index (χ0) is 14.5. The van der Waals surface area contributed by atoms with Gasteiger partial charge in [-0.05, 0) is 36.8 Å². The quantitative estimate of drug-likeness (QED) is 0.865. The Bertz CT molecular complexity index is 660.